The Kier molecular flexibility index (Phi) is 4.67. The molecule has 0 saturated heterocycles. The van der Waals surface area contributed by atoms with Gasteiger partial charge in [0.1, 0.15) is 11.5 Å². The van der Waals surface area contributed by atoms with Crippen LogP contribution in [-0.4, -0.2) is 36.6 Å². The van der Waals surface area contributed by atoms with Gasteiger partial charge >= 0.3 is 0 Å². The molecule has 8 heteroatoms. The van der Waals surface area contributed by atoms with E-state index in [-0.39, 0.29) is 4.90 Å². The molecule has 0 bridgehead atoms. The molecule has 0 aliphatic carbocycles. The number of rotatable bonds is 5. The van der Waals surface area contributed by atoms with E-state index in [4.69, 9.17) is 9.47 Å². The van der Waals surface area contributed by atoms with Crippen molar-refractivity contribution in [2.75, 3.05) is 14.2 Å². The fourth-order valence-electron chi connectivity index (χ4n) is 3.92. The normalized spacial score (nSPS) is 11.8. The minimum absolute atomic E-state index is 0.197. The first-order chi connectivity index (χ1) is 15.4. The molecule has 0 radical (unpaired) electrons. The summed E-state index contributed by atoms with van der Waals surface area (Å²) in [6.07, 6.45) is 3.37. The number of hydrogen-bond acceptors (Lipinski definition) is 5. The van der Waals surface area contributed by atoms with Crippen molar-refractivity contribution in [1.82, 2.24) is 13.9 Å². The Morgan fingerprint density at radius 1 is 1.00 bits per heavy atom. The van der Waals surface area contributed by atoms with E-state index >= 15 is 0 Å². The van der Waals surface area contributed by atoms with Gasteiger partial charge in [0.05, 0.1) is 30.3 Å². The van der Waals surface area contributed by atoms with Gasteiger partial charge in [0.25, 0.3) is 10.0 Å². The van der Waals surface area contributed by atoms with Crippen LogP contribution >= 0.6 is 0 Å². The molecule has 0 aliphatic rings. The minimum Gasteiger partial charge on any atom is -0.497 e. The van der Waals surface area contributed by atoms with Crippen LogP contribution in [-0.2, 0) is 10.0 Å². The zero-order chi connectivity index (χ0) is 22.5. The number of fused-ring (bicyclic) bond motifs is 2. The Hall–Kier alpha value is -3.78. The zero-order valence-corrected chi connectivity index (χ0v) is 18.6. The largest absolute Gasteiger partial charge is 0.497 e. The van der Waals surface area contributed by atoms with E-state index in [9.17, 15) is 8.42 Å². The van der Waals surface area contributed by atoms with E-state index in [1.54, 1.807) is 63.0 Å². The summed E-state index contributed by atoms with van der Waals surface area (Å²) in [6, 6.07) is 15.9. The fraction of sp³-hybridized carbons (Fsp3) is 0.125. The van der Waals surface area contributed by atoms with Crippen LogP contribution in [0.4, 0.5) is 0 Å². The SMILES string of the molecule is COc1cc(OC)c2[nH]cc(-c3cc4cccnc4n3S(=O)(=O)c3ccc(C)cc3)c2c1. The lowest BCUT2D eigenvalue weighted by atomic mass is 10.1. The number of H-pyrrole nitrogens is 1. The van der Waals surface area contributed by atoms with Crippen LogP contribution in [0.3, 0.4) is 0 Å². The second-order valence-electron chi connectivity index (χ2n) is 7.48. The van der Waals surface area contributed by atoms with Crippen molar-refractivity contribution in [2.24, 2.45) is 0 Å². The predicted molar refractivity (Wildman–Crippen MR) is 124 cm³/mol. The molecule has 0 saturated carbocycles. The Bertz CT molecular complexity index is 1560. The number of aromatic amines is 1. The van der Waals surface area contributed by atoms with Crippen LogP contribution < -0.4 is 9.47 Å². The molecular weight excluding hydrogens is 426 g/mol. The van der Waals surface area contributed by atoms with Crippen LogP contribution in [0.5, 0.6) is 11.5 Å². The van der Waals surface area contributed by atoms with Crippen molar-refractivity contribution in [1.29, 1.82) is 0 Å². The van der Waals surface area contributed by atoms with Crippen LogP contribution in [0, 0.1) is 6.92 Å². The highest BCUT2D eigenvalue weighted by atomic mass is 32.2. The standard InChI is InChI=1S/C24H21N3O4S/c1-15-6-8-18(9-7-15)32(28,29)27-21(11-16-5-4-10-25-24(16)27)20-14-26-23-19(20)12-17(30-2)13-22(23)31-3/h4-14,26H,1-3H3. The second kappa shape index (κ2) is 7.42. The fourth-order valence-corrected chi connectivity index (χ4v) is 5.40. The number of aryl methyl sites for hydroxylation is 1. The lowest BCUT2D eigenvalue weighted by molar-refractivity contribution is 0.397. The summed E-state index contributed by atoms with van der Waals surface area (Å²) in [4.78, 5) is 7.81. The summed E-state index contributed by atoms with van der Waals surface area (Å²) >= 11 is 0. The molecule has 0 spiro atoms. The van der Waals surface area contributed by atoms with Gasteiger partial charge in [0.2, 0.25) is 0 Å². The zero-order valence-electron chi connectivity index (χ0n) is 17.8. The molecular formula is C24H21N3O4S. The summed E-state index contributed by atoms with van der Waals surface area (Å²) in [5.41, 5.74) is 3.30. The number of benzene rings is 2. The molecule has 162 valence electrons. The molecule has 0 unspecified atom stereocenters. The van der Waals surface area contributed by atoms with Crippen molar-refractivity contribution in [3.8, 4) is 22.8 Å². The number of methoxy groups -OCH3 is 2. The Morgan fingerprint density at radius 2 is 1.78 bits per heavy atom. The van der Waals surface area contributed by atoms with Gasteiger partial charge in [-0.2, -0.15) is 0 Å². The van der Waals surface area contributed by atoms with Gasteiger partial charge in [0.15, 0.2) is 5.65 Å². The van der Waals surface area contributed by atoms with Crippen molar-refractivity contribution in [3.63, 3.8) is 0 Å². The predicted octanol–water partition coefficient (Wildman–Crippen LogP) is 4.75. The molecule has 1 N–H and O–H groups in total. The van der Waals surface area contributed by atoms with Crippen molar-refractivity contribution >= 4 is 32.0 Å². The average molecular weight is 448 g/mol. The minimum atomic E-state index is -3.92. The number of hydrogen-bond donors (Lipinski definition) is 1. The van der Waals surface area contributed by atoms with E-state index in [0.29, 0.717) is 28.4 Å². The first kappa shape index (κ1) is 20.1. The third-order valence-electron chi connectivity index (χ3n) is 5.54. The second-order valence-corrected chi connectivity index (χ2v) is 9.27. The van der Waals surface area contributed by atoms with Gasteiger partial charge in [-0.05, 0) is 43.3 Å². The molecule has 0 atom stereocenters. The highest BCUT2D eigenvalue weighted by Crippen LogP contribution is 2.39. The lowest BCUT2D eigenvalue weighted by Gasteiger charge is -2.12. The molecule has 0 amide bonds. The molecule has 3 heterocycles. The molecule has 7 nitrogen and oxygen atoms in total. The quantitative estimate of drug-likeness (QED) is 0.420. The van der Waals surface area contributed by atoms with Gasteiger partial charge in [-0.25, -0.2) is 17.4 Å². The smallest absolute Gasteiger partial charge is 0.269 e. The highest BCUT2D eigenvalue weighted by molar-refractivity contribution is 7.90. The summed E-state index contributed by atoms with van der Waals surface area (Å²) in [6.45, 7) is 1.92. The van der Waals surface area contributed by atoms with Crippen molar-refractivity contribution in [2.45, 2.75) is 11.8 Å². The Balaban J connectivity index is 1.85. The van der Waals surface area contributed by atoms with Gasteiger partial charge < -0.3 is 14.5 Å². The van der Waals surface area contributed by atoms with Crippen LogP contribution in [0.15, 0.2) is 71.9 Å². The van der Waals surface area contributed by atoms with Crippen LogP contribution in [0.2, 0.25) is 0 Å². The van der Waals surface area contributed by atoms with Gasteiger partial charge in [-0.15, -0.1) is 0 Å². The Morgan fingerprint density at radius 3 is 2.50 bits per heavy atom. The molecule has 2 aromatic carbocycles. The van der Waals surface area contributed by atoms with E-state index in [1.165, 1.54) is 3.97 Å². The molecule has 0 fully saturated rings. The van der Waals surface area contributed by atoms with Crippen molar-refractivity contribution in [3.05, 3.63) is 72.6 Å². The molecule has 3 aromatic heterocycles. The monoisotopic (exact) mass is 447 g/mol. The topological polar surface area (TPSA) is 86.2 Å². The maximum atomic E-state index is 13.8. The first-order valence-corrected chi connectivity index (χ1v) is 11.4. The van der Waals surface area contributed by atoms with E-state index in [2.05, 4.69) is 9.97 Å². The Labute approximate surface area is 185 Å². The first-order valence-electron chi connectivity index (χ1n) is 9.96. The maximum absolute atomic E-state index is 13.8. The third kappa shape index (κ3) is 3.03. The van der Waals surface area contributed by atoms with Crippen molar-refractivity contribution < 1.29 is 17.9 Å². The number of pyridine rings is 1. The summed E-state index contributed by atoms with van der Waals surface area (Å²) in [7, 11) is -0.758. The van der Waals surface area contributed by atoms with E-state index in [0.717, 1.165) is 21.9 Å². The average Bonchev–Trinajstić information content (AvgIpc) is 3.40. The molecule has 5 aromatic rings. The third-order valence-corrected chi connectivity index (χ3v) is 7.26. The van der Waals surface area contributed by atoms with Crippen LogP contribution in [0.25, 0.3) is 33.2 Å². The molecule has 5 rings (SSSR count). The highest BCUT2D eigenvalue weighted by Gasteiger charge is 2.26. The molecule has 0 aliphatic heterocycles. The molecule has 32 heavy (non-hydrogen) atoms. The number of ether oxygens (including phenoxy) is 2. The van der Waals surface area contributed by atoms with Crippen LogP contribution in [0.1, 0.15) is 5.56 Å². The van der Waals surface area contributed by atoms with E-state index in [1.807, 2.05) is 25.1 Å². The van der Waals surface area contributed by atoms with Gasteiger partial charge in [-0.3, -0.25) is 0 Å². The summed E-state index contributed by atoms with van der Waals surface area (Å²) < 4.78 is 39.8. The maximum Gasteiger partial charge on any atom is 0.269 e. The number of nitrogens with zero attached hydrogens (tertiary/aromatic N) is 2. The van der Waals surface area contributed by atoms with Gasteiger partial charge in [0, 0.05) is 34.8 Å². The summed E-state index contributed by atoms with van der Waals surface area (Å²) in [5.74, 6) is 1.21. The summed E-state index contributed by atoms with van der Waals surface area (Å²) in [5, 5.41) is 1.51. The number of aromatic nitrogens is 3. The number of nitrogens with one attached hydrogen (secondary N) is 1. The van der Waals surface area contributed by atoms with E-state index < -0.39 is 10.0 Å². The van der Waals surface area contributed by atoms with Gasteiger partial charge in [-0.1, -0.05) is 17.7 Å². The lowest BCUT2D eigenvalue weighted by Crippen LogP contribution is -2.14.